The molecule has 5 heteroatoms. The van der Waals surface area contributed by atoms with Gasteiger partial charge in [0, 0.05) is 16.6 Å². The van der Waals surface area contributed by atoms with Crippen LogP contribution in [-0.4, -0.2) is 28.2 Å². The van der Waals surface area contributed by atoms with E-state index in [1.165, 1.54) is 0 Å². The minimum absolute atomic E-state index is 0.0743. The van der Waals surface area contributed by atoms with Crippen molar-refractivity contribution in [2.24, 2.45) is 0 Å². The molecule has 5 nitrogen and oxygen atoms in total. The van der Waals surface area contributed by atoms with Crippen LogP contribution in [0.2, 0.25) is 0 Å². The number of carbonyl (C=O) groups is 2. The van der Waals surface area contributed by atoms with E-state index in [0.717, 1.165) is 35.2 Å². The third-order valence-electron chi connectivity index (χ3n) is 4.79. The van der Waals surface area contributed by atoms with E-state index in [-0.39, 0.29) is 12.3 Å². The highest BCUT2D eigenvalue weighted by Crippen LogP contribution is 2.25. The summed E-state index contributed by atoms with van der Waals surface area (Å²) in [7, 11) is 0. The quantitative estimate of drug-likeness (QED) is 0.433. The number of allylic oxidation sites excluding steroid dienone is 2. The summed E-state index contributed by atoms with van der Waals surface area (Å²) in [6.07, 6.45) is 5.99. The first-order valence-electron chi connectivity index (χ1n) is 9.71. The van der Waals surface area contributed by atoms with E-state index in [4.69, 9.17) is 9.84 Å². The summed E-state index contributed by atoms with van der Waals surface area (Å²) < 4.78 is 7.35. The van der Waals surface area contributed by atoms with Crippen LogP contribution < -0.4 is 4.74 Å². The number of rotatable bonds is 8. The highest BCUT2D eigenvalue weighted by Gasteiger charge is 2.17. The van der Waals surface area contributed by atoms with Gasteiger partial charge in [-0.1, -0.05) is 24.3 Å². The standard InChI is InChI=1S/C24H25NO4/c1-3-4-5-6-14-29-20-12-10-18(11-13-20)24(28)25-17(2)15-21-19(16-23(26)27)8-7-9-22(21)25/h3-4,7-13,15H,5-6,14,16H2,1-2H3,(H,26,27)/b4-3-. The summed E-state index contributed by atoms with van der Waals surface area (Å²) >= 11 is 0. The van der Waals surface area contributed by atoms with Crippen molar-refractivity contribution in [2.45, 2.75) is 33.1 Å². The average molecular weight is 391 g/mol. The average Bonchev–Trinajstić information content (AvgIpc) is 3.04. The number of aryl methyl sites for hydroxylation is 1. The van der Waals surface area contributed by atoms with Crippen molar-refractivity contribution in [3.63, 3.8) is 0 Å². The van der Waals surface area contributed by atoms with Gasteiger partial charge in [-0.15, -0.1) is 0 Å². The molecule has 0 bridgehead atoms. The van der Waals surface area contributed by atoms with Crippen molar-refractivity contribution in [1.29, 1.82) is 0 Å². The molecular formula is C24H25NO4. The molecule has 2 aromatic carbocycles. The predicted octanol–water partition coefficient (Wildman–Crippen LogP) is 5.00. The Balaban J connectivity index is 1.80. The number of aromatic nitrogens is 1. The van der Waals surface area contributed by atoms with E-state index in [2.05, 4.69) is 6.08 Å². The van der Waals surface area contributed by atoms with Crippen molar-refractivity contribution in [1.82, 2.24) is 4.57 Å². The Morgan fingerprint density at radius 2 is 1.90 bits per heavy atom. The van der Waals surface area contributed by atoms with Gasteiger partial charge in [-0.05, 0) is 68.7 Å². The minimum atomic E-state index is -0.893. The zero-order chi connectivity index (χ0) is 20.8. The fourth-order valence-electron chi connectivity index (χ4n) is 3.39. The second-order valence-electron chi connectivity index (χ2n) is 6.93. The van der Waals surface area contributed by atoms with Crippen LogP contribution in [0.25, 0.3) is 10.9 Å². The van der Waals surface area contributed by atoms with Crippen molar-refractivity contribution in [2.75, 3.05) is 6.61 Å². The molecule has 0 spiro atoms. The summed E-state index contributed by atoms with van der Waals surface area (Å²) in [5, 5.41) is 9.92. The largest absolute Gasteiger partial charge is 0.494 e. The molecule has 1 heterocycles. The predicted molar refractivity (Wildman–Crippen MR) is 114 cm³/mol. The molecule has 29 heavy (non-hydrogen) atoms. The topological polar surface area (TPSA) is 68.5 Å². The lowest BCUT2D eigenvalue weighted by Crippen LogP contribution is -2.13. The smallest absolute Gasteiger partial charge is 0.307 e. The number of carbonyl (C=O) groups excluding carboxylic acids is 1. The third kappa shape index (κ3) is 4.74. The lowest BCUT2D eigenvalue weighted by Gasteiger charge is -2.09. The maximum absolute atomic E-state index is 13.1. The van der Waals surface area contributed by atoms with E-state index in [9.17, 15) is 9.59 Å². The summed E-state index contributed by atoms with van der Waals surface area (Å²) in [6.45, 7) is 4.48. The number of nitrogens with zero attached hydrogens (tertiary/aromatic N) is 1. The molecule has 0 amide bonds. The molecule has 0 atom stereocenters. The Kier molecular flexibility index (Phi) is 6.50. The molecule has 150 valence electrons. The van der Waals surface area contributed by atoms with E-state index >= 15 is 0 Å². The first-order chi connectivity index (χ1) is 14.0. The van der Waals surface area contributed by atoms with Gasteiger partial charge in [-0.2, -0.15) is 0 Å². The Bertz CT molecular complexity index is 1040. The van der Waals surface area contributed by atoms with Crippen molar-refractivity contribution in [3.8, 4) is 5.75 Å². The van der Waals surface area contributed by atoms with Gasteiger partial charge in [0.1, 0.15) is 5.75 Å². The number of carboxylic acids is 1. The van der Waals surface area contributed by atoms with Gasteiger partial charge in [0.05, 0.1) is 18.5 Å². The van der Waals surface area contributed by atoms with Crippen LogP contribution in [0, 0.1) is 6.92 Å². The Morgan fingerprint density at radius 3 is 2.59 bits per heavy atom. The number of benzene rings is 2. The molecule has 3 rings (SSSR count). The first-order valence-corrected chi connectivity index (χ1v) is 9.71. The summed E-state index contributed by atoms with van der Waals surface area (Å²) in [5.41, 5.74) is 2.74. The zero-order valence-corrected chi connectivity index (χ0v) is 16.7. The van der Waals surface area contributed by atoms with E-state index in [0.29, 0.717) is 17.7 Å². The van der Waals surface area contributed by atoms with Gasteiger partial charge >= 0.3 is 5.97 Å². The fraction of sp³-hybridized carbons (Fsp3) is 0.250. The number of unbranched alkanes of at least 4 members (excludes halogenated alkanes) is 1. The monoisotopic (exact) mass is 391 g/mol. The van der Waals surface area contributed by atoms with Crippen LogP contribution in [0.4, 0.5) is 0 Å². The number of ether oxygens (including phenoxy) is 1. The van der Waals surface area contributed by atoms with E-state index < -0.39 is 5.97 Å². The fourth-order valence-corrected chi connectivity index (χ4v) is 3.39. The van der Waals surface area contributed by atoms with E-state index in [1.54, 1.807) is 41.0 Å². The molecule has 0 aliphatic carbocycles. The molecule has 1 N–H and O–H groups in total. The van der Waals surface area contributed by atoms with Crippen LogP contribution in [0.3, 0.4) is 0 Å². The van der Waals surface area contributed by atoms with Crippen LogP contribution in [0.15, 0.2) is 60.7 Å². The van der Waals surface area contributed by atoms with Crippen molar-refractivity contribution >= 4 is 22.8 Å². The van der Waals surface area contributed by atoms with Gasteiger partial charge in [-0.3, -0.25) is 14.2 Å². The summed E-state index contributed by atoms with van der Waals surface area (Å²) in [4.78, 5) is 24.2. The molecule has 3 aromatic rings. The van der Waals surface area contributed by atoms with Gasteiger partial charge in [-0.25, -0.2) is 0 Å². The highest BCUT2D eigenvalue weighted by atomic mass is 16.5. The lowest BCUT2D eigenvalue weighted by atomic mass is 10.1. The van der Waals surface area contributed by atoms with Crippen molar-refractivity contribution < 1.29 is 19.4 Å². The Hall–Kier alpha value is -3.34. The van der Waals surface area contributed by atoms with Crippen LogP contribution in [0.5, 0.6) is 5.75 Å². The highest BCUT2D eigenvalue weighted by molar-refractivity contribution is 6.04. The second-order valence-corrected chi connectivity index (χ2v) is 6.93. The molecule has 0 fully saturated rings. The van der Waals surface area contributed by atoms with Gasteiger partial charge in [0.15, 0.2) is 0 Å². The zero-order valence-electron chi connectivity index (χ0n) is 16.7. The van der Waals surface area contributed by atoms with Crippen LogP contribution in [0.1, 0.15) is 41.4 Å². The van der Waals surface area contributed by atoms with Crippen LogP contribution >= 0.6 is 0 Å². The molecular weight excluding hydrogens is 366 g/mol. The maximum atomic E-state index is 13.1. The summed E-state index contributed by atoms with van der Waals surface area (Å²) in [5.74, 6) is -0.306. The number of carboxylic acid groups (broad SMARTS) is 1. The molecule has 1 aromatic heterocycles. The SMILES string of the molecule is C/C=C\CCCOc1ccc(C(=O)n2c(C)cc3c(CC(=O)O)cccc32)cc1. The third-order valence-corrected chi connectivity index (χ3v) is 4.79. The Morgan fingerprint density at radius 1 is 1.14 bits per heavy atom. The van der Waals surface area contributed by atoms with Gasteiger partial charge in [0.2, 0.25) is 0 Å². The van der Waals surface area contributed by atoms with Gasteiger partial charge < -0.3 is 9.84 Å². The minimum Gasteiger partial charge on any atom is -0.494 e. The van der Waals surface area contributed by atoms with E-state index in [1.807, 2.05) is 32.1 Å². The molecule has 0 aliphatic heterocycles. The summed E-state index contributed by atoms with van der Waals surface area (Å²) in [6, 6.07) is 14.4. The first kappa shape index (κ1) is 20.4. The number of hydrogen-bond donors (Lipinski definition) is 1. The number of fused-ring (bicyclic) bond motifs is 1. The maximum Gasteiger partial charge on any atom is 0.307 e. The number of aliphatic carboxylic acids is 1. The second kappa shape index (κ2) is 9.24. The molecule has 0 saturated carbocycles. The molecule has 0 saturated heterocycles. The lowest BCUT2D eigenvalue weighted by molar-refractivity contribution is -0.136. The van der Waals surface area contributed by atoms with Crippen molar-refractivity contribution in [3.05, 3.63) is 77.5 Å². The number of hydrogen-bond acceptors (Lipinski definition) is 3. The molecule has 0 unspecified atom stereocenters. The Labute approximate surface area is 170 Å². The molecule has 0 aliphatic rings. The molecule has 0 radical (unpaired) electrons. The van der Waals surface area contributed by atoms with Gasteiger partial charge in [0.25, 0.3) is 5.91 Å². The van der Waals surface area contributed by atoms with Crippen LogP contribution in [-0.2, 0) is 11.2 Å². The normalized spacial score (nSPS) is 11.2.